The summed E-state index contributed by atoms with van der Waals surface area (Å²) in [6, 6.07) is 18.1. The number of halogens is 1. The average molecular weight is 426 g/mol. The fourth-order valence-electron chi connectivity index (χ4n) is 2.96. The van der Waals surface area contributed by atoms with Crippen molar-refractivity contribution in [1.29, 1.82) is 0 Å². The van der Waals surface area contributed by atoms with Gasteiger partial charge in [-0.1, -0.05) is 29.8 Å². The second kappa shape index (κ2) is 10.0. The normalized spacial score (nSPS) is 10.4. The first-order valence-electron chi connectivity index (χ1n) is 9.61. The smallest absolute Gasteiger partial charge is 0.255 e. The van der Waals surface area contributed by atoms with E-state index in [4.69, 9.17) is 25.8 Å². The van der Waals surface area contributed by atoms with Crippen molar-refractivity contribution < 1.29 is 19.0 Å². The lowest BCUT2D eigenvalue weighted by atomic mass is 10.1. The Kier molecular flexibility index (Phi) is 7.20. The van der Waals surface area contributed by atoms with E-state index in [1.807, 2.05) is 44.2 Å². The van der Waals surface area contributed by atoms with Crippen LogP contribution < -0.4 is 19.5 Å². The van der Waals surface area contributed by atoms with Gasteiger partial charge in [-0.05, 0) is 61.9 Å². The minimum absolute atomic E-state index is 0.216. The molecule has 0 radical (unpaired) electrons. The van der Waals surface area contributed by atoms with E-state index in [0.717, 1.165) is 11.1 Å². The van der Waals surface area contributed by atoms with Crippen LogP contribution >= 0.6 is 11.6 Å². The summed E-state index contributed by atoms with van der Waals surface area (Å²) < 4.78 is 16.9. The number of methoxy groups -OCH3 is 1. The highest BCUT2D eigenvalue weighted by atomic mass is 35.5. The molecule has 0 aliphatic carbocycles. The van der Waals surface area contributed by atoms with Crippen molar-refractivity contribution in [2.45, 2.75) is 20.5 Å². The molecule has 156 valence electrons. The Morgan fingerprint density at radius 1 is 0.967 bits per heavy atom. The highest BCUT2D eigenvalue weighted by molar-refractivity contribution is 6.32. The van der Waals surface area contributed by atoms with Crippen LogP contribution in [0, 0.1) is 6.92 Å². The van der Waals surface area contributed by atoms with E-state index in [0.29, 0.717) is 40.1 Å². The first-order valence-corrected chi connectivity index (χ1v) is 9.98. The molecule has 0 atom stereocenters. The molecular weight excluding hydrogens is 402 g/mol. The first-order chi connectivity index (χ1) is 14.5. The molecule has 3 aromatic rings. The summed E-state index contributed by atoms with van der Waals surface area (Å²) in [7, 11) is 1.57. The molecule has 3 aromatic carbocycles. The average Bonchev–Trinajstić information content (AvgIpc) is 2.74. The Balaban J connectivity index is 1.83. The zero-order valence-electron chi connectivity index (χ0n) is 17.2. The van der Waals surface area contributed by atoms with E-state index < -0.39 is 0 Å². The number of carbonyl (C=O) groups excluding carboxylic acids is 1. The lowest BCUT2D eigenvalue weighted by Crippen LogP contribution is -2.14. The number of anilines is 1. The van der Waals surface area contributed by atoms with E-state index in [9.17, 15) is 4.79 Å². The van der Waals surface area contributed by atoms with Gasteiger partial charge in [0.15, 0.2) is 0 Å². The minimum atomic E-state index is -0.249. The van der Waals surface area contributed by atoms with E-state index >= 15 is 0 Å². The van der Waals surface area contributed by atoms with Crippen molar-refractivity contribution in [2.24, 2.45) is 0 Å². The van der Waals surface area contributed by atoms with Crippen LogP contribution in [0.4, 0.5) is 5.69 Å². The van der Waals surface area contributed by atoms with Gasteiger partial charge in [0.2, 0.25) is 0 Å². The number of amides is 1. The standard InChI is InChI=1S/C24H24ClNO4/c1-4-29-21-12-10-17(14-18(21)15-30-22-8-6-5-7-19(22)25)24(27)26-20-13-16(2)9-11-23(20)28-3/h5-14H,4,15H2,1-3H3,(H,26,27). The lowest BCUT2D eigenvalue weighted by Gasteiger charge is -2.15. The molecule has 0 fully saturated rings. The van der Waals surface area contributed by atoms with Crippen molar-refractivity contribution in [3.05, 3.63) is 82.4 Å². The van der Waals surface area contributed by atoms with Crippen molar-refractivity contribution in [3.8, 4) is 17.2 Å². The quantitative estimate of drug-likeness (QED) is 0.489. The van der Waals surface area contributed by atoms with Gasteiger partial charge in [0.05, 0.1) is 24.4 Å². The maximum Gasteiger partial charge on any atom is 0.255 e. The van der Waals surface area contributed by atoms with Crippen LogP contribution in [0.25, 0.3) is 0 Å². The Labute approximate surface area is 181 Å². The largest absolute Gasteiger partial charge is 0.495 e. The molecule has 0 saturated carbocycles. The first kappa shape index (κ1) is 21.5. The van der Waals surface area contributed by atoms with Crippen molar-refractivity contribution >= 4 is 23.2 Å². The van der Waals surface area contributed by atoms with Crippen LogP contribution in [0.3, 0.4) is 0 Å². The van der Waals surface area contributed by atoms with Crippen LogP contribution in [0.1, 0.15) is 28.4 Å². The van der Waals surface area contributed by atoms with Gasteiger partial charge in [0.25, 0.3) is 5.91 Å². The predicted octanol–water partition coefficient (Wildman–Crippen LogP) is 5.89. The van der Waals surface area contributed by atoms with Crippen LogP contribution in [-0.2, 0) is 6.61 Å². The van der Waals surface area contributed by atoms with Crippen LogP contribution in [0.5, 0.6) is 17.2 Å². The molecule has 3 rings (SSSR count). The number of para-hydroxylation sites is 1. The summed E-state index contributed by atoms with van der Waals surface area (Å²) in [6.45, 7) is 4.58. The molecule has 1 N–H and O–H groups in total. The Bertz CT molecular complexity index is 1040. The molecule has 0 aliphatic rings. The van der Waals surface area contributed by atoms with Gasteiger partial charge in [0.1, 0.15) is 23.9 Å². The van der Waals surface area contributed by atoms with Crippen LogP contribution in [-0.4, -0.2) is 19.6 Å². The van der Waals surface area contributed by atoms with E-state index in [1.165, 1.54) is 0 Å². The number of hydrogen-bond donors (Lipinski definition) is 1. The van der Waals surface area contributed by atoms with Gasteiger partial charge >= 0.3 is 0 Å². The minimum Gasteiger partial charge on any atom is -0.495 e. The fraction of sp³-hybridized carbons (Fsp3) is 0.208. The number of rotatable bonds is 8. The monoisotopic (exact) mass is 425 g/mol. The zero-order valence-corrected chi connectivity index (χ0v) is 18.0. The summed E-state index contributed by atoms with van der Waals surface area (Å²) in [5, 5.41) is 3.44. The third-order valence-electron chi connectivity index (χ3n) is 4.45. The summed E-state index contributed by atoms with van der Waals surface area (Å²) in [6.07, 6.45) is 0. The van der Waals surface area contributed by atoms with E-state index in [-0.39, 0.29) is 12.5 Å². The molecule has 0 heterocycles. The molecule has 0 saturated heterocycles. The third kappa shape index (κ3) is 5.24. The number of aryl methyl sites for hydroxylation is 1. The molecular formula is C24H24ClNO4. The summed E-state index contributed by atoms with van der Waals surface area (Å²) >= 11 is 6.17. The number of carbonyl (C=O) groups is 1. The predicted molar refractivity (Wildman–Crippen MR) is 119 cm³/mol. The SMILES string of the molecule is CCOc1ccc(C(=O)Nc2cc(C)ccc2OC)cc1COc1ccccc1Cl. The zero-order chi connectivity index (χ0) is 21.5. The molecule has 0 unspecified atom stereocenters. The van der Waals surface area contributed by atoms with Crippen LogP contribution in [0.2, 0.25) is 5.02 Å². The molecule has 1 amide bonds. The topological polar surface area (TPSA) is 56.8 Å². The van der Waals surface area contributed by atoms with Gasteiger partial charge < -0.3 is 19.5 Å². The second-order valence-corrected chi connectivity index (χ2v) is 7.04. The van der Waals surface area contributed by atoms with Crippen molar-refractivity contribution in [3.63, 3.8) is 0 Å². The summed E-state index contributed by atoms with van der Waals surface area (Å²) in [5.41, 5.74) is 2.87. The lowest BCUT2D eigenvalue weighted by molar-refractivity contribution is 0.102. The number of hydrogen-bond acceptors (Lipinski definition) is 4. The second-order valence-electron chi connectivity index (χ2n) is 6.63. The molecule has 0 aliphatic heterocycles. The van der Waals surface area contributed by atoms with Gasteiger partial charge in [0, 0.05) is 11.1 Å². The number of ether oxygens (including phenoxy) is 3. The molecule has 0 bridgehead atoms. The summed E-state index contributed by atoms with van der Waals surface area (Å²) in [5.74, 6) is 1.58. The third-order valence-corrected chi connectivity index (χ3v) is 4.76. The van der Waals surface area contributed by atoms with Gasteiger partial charge in [-0.2, -0.15) is 0 Å². The number of benzene rings is 3. The molecule has 0 spiro atoms. The molecule has 0 aromatic heterocycles. The molecule has 5 nitrogen and oxygen atoms in total. The summed E-state index contributed by atoms with van der Waals surface area (Å²) in [4.78, 5) is 12.9. The Hall–Kier alpha value is -3.18. The van der Waals surface area contributed by atoms with Crippen LogP contribution in [0.15, 0.2) is 60.7 Å². The molecule has 6 heteroatoms. The van der Waals surface area contributed by atoms with Crippen molar-refractivity contribution in [2.75, 3.05) is 19.0 Å². The van der Waals surface area contributed by atoms with Gasteiger partial charge in [-0.25, -0.2) is 0 Å². The van der Waals surface area contributed by atoms with Gasteiger partial charge in [-0.15, -0.1) is 0 Å². The van der Waals surface area contributed by atoms with E-state index in [1.54, 1.807) is 37.4 Å². The Morgan fingerprint density at radius 3 is 2.47 bits per heavy atom. The maximum absolute atomic E-state index is 12.9. The highest BCUT2D eigenvalue weighted by Gasteiger charge is 2.14. The van der Waals surface area contributed by atoms with Gasteiger partial charge in [-0.3, -0.25) is 4.79 Å². The van der Waals surface area contributed by atoms with Crippen molar-refractivity contribution in [1.82, 2.24) is 0 Å². The maximum atomic E-state index is 12.9. The molecule has 30 heavy (non-hydrogen) atoms. The Morgan fingerprint density at radius 2 is 1.73 bits per heavy atom. The van der Waals surface area contributed by atoms with E-state index in [2.05, 4.69) is 5.32 Å². The highest BCUT2D eigenvalue weighted by Crippen LogP contribution is 2.29. The number of nitrogens with one attached hydrogen (secondary N) is 1. The fourth-order valence-corrected chi connectivity index (χ4v) is 3.15.